The Hall–Kier alpha value is -1.20. The smallest absolute Gasteiger partial charge is 0.173 e. The van der Waals surface area contributed by atoms with E-state index in [1.54, 1.807) is 12.1 Å². The van der Waals surface area contributed by atoms with Crippen molar-refractivity contribution in [2.24, 2.45) is 0 Å². The summed E-state index contributed by atoms with van der Waals surface area (Å²) < 4.78 is 18.4. The van der Waals surface area contributed by atoms with Crippen LogP contribution in [0.5, 0.6) is 0 Å². The van der Waals surface area contributed by atoms with Crippen LogP contribution >= 0.6 is 12.2 Å². The summed E-state index contributed by atoms with van der Waals surface area (Å²) in [5.41, 5.74) is 0.799. The van der Waals surface area contributed by atoms with Gasteiger partial charge in [-0.15, -0.1) is 0 Å². The Kier molecular flexibility index (Phi) is 4.14. The molecule has 1 fully saturated rings. The summed E-state index contributed by atoms with van der Waals surface area (Å²) in [4.78, 5) is 2.08. The molecule has 1 aromatic carbocycles. The highest BCUT2D eigenvalue weighted by molar-refractivity contribution is 7.80. The van der Waals surface area contributed by atoms with Gasteiger partial charge in [0.1, 0.15) is 5.82 Å². The van der Waals surface area contributed by atoms with E-state index in [1.807, 2.05) is 13.8 Å². The maximum atomic E-state index is 12.8. The molecule has 0 saturated carbocycles. The molecule has 0 spiro atoms. The average molecular weight is 268 g/mol. The lowest BCUT2D eigenvalue weighted by atomic mass is 10.2. The summed E-state index contributed by atoms with van der Waals surface area (Å²) in [5.74, 6) is -0.250. The molecule has 1 aromatic rings. The van der Waals surface area contributed by atoms with Gasteiger partial charge in [0.05, 0.1) is 12.2 Å². The minimum absolute atomic E-state index is 0.168. The molecule has 0 amide bonds. The zero-order valence-electron chi connectivity index (χ0n) is 10.5. The predicted octanol–water partition coefficient (Wildman–Crippen LogP) is 2.63. The van der Waals surface area contributed by atoms with E-state index in [1.165, 1.54) is 12.1 Å². The van der Waals surface area contributed by atoms with Crippen molar-refractivity contribution in [2.45, 2.75) is 26.1 Å². The van der Waals surface area contributed by atoms with Crippen LogP contribution in [0.1, 0.15) is 13.8 Å². The number of hydrogen-bond donors (Lipinski definition) is 1. The maximum Gasteiger partial charge on any atom is 0.173 e. The minimum Gasteiger partial charge on any atom is -0.372 e. The maximum absolute atomic E-state index is 12.8. The van der Waals surface area contributed by atoms with Gasteiger partial charge in [-0.2, -0.15) is 0 Å². The molecule has 2 unspecified atom stereocenters. The zero-order chi connectivity index (χ0) is 13.1. The second kappa shape index (κ2) is 5.63. The molecule has 1 aliphatic rings. The first-order valence-electron chi connectivity index (χ1n) is 6.01. The Morgan fingerprint density at radius 1 is 1.28 bits per heavy atom. The molecule has 18 heavy (non-hydrogen) atoms. The number of hydrogen-bond acceptors (Lipinski definition) is 2. The van der Waals surface area contributed by atoms with Crippen LogP contribution in [0.25, 0.3) is 0 Å². The lowest BCUT2D eigenvalue weighted by Gasteiger charge is -2.36. The van der Waals surface area contributed by atoms with Gasteiger partial charge < -0.3 is 15.0 Å². The number of anilines is 1. The van der Waals surface area contributed by atoms with E-state index >= 15 is 0 Å². The Balaban J connectivity index is 1.97. The number of thiocarbonyl (C=S) groups is 1. The Bertz CT molecular complexity index is 414. The largest absolute Gasteiger partial charge is 0.372 e. The van der Waals surface area contributed by atoms with Crippen molar-refractivity contribution in [3.63, 3.8) is 0 Å². The van der Waals surface area contributed by atoms with Crippen LogP contribution in [-0.4, -0.2) is 35.3 Å². The second-order valence-corrected chi connectivity index (χ2v) is 4.99. The van der Waals surface area contributed by atoms with E-state index in [0.717, 1.165) is 18.8 Å². The van der Waals surface area contributed by atoms with Crippen LogP contribution in [0.3, 0.4) is 0 Å². The van der Waals surface area contributed by atoms with Crippen molar-refractivity contribution < 1.29 is 9.13 Å². The fourth-order valence-electron chi connectivity index (χ4n) is 2.08. The van der Waals surface area contributed by atoms with E-state index in [-0.39, 0.29) is 18.0 Å². The van der Waals surface area contributed by atoms with E-state index in [4.69, 9.17) is 17.0 Å². The monoisotopic (exact) mass is 268 g/mol. The molecule has 0 bridgehead atoms. The van der Waals surface area contributed by atoms with Crippen LogP contribution < -0.4 is 5.32 Å². The van der Waals surface area contributed by atoms with Crippen molar-refractivity contribution in [3.05, 3.63) is 30.1 Å². The fourth-order valence-corrected chi connectivity index (χ4v) is 2.35. The highest BCUT2D eigenvalue weighted by atomic mass is 32.1. The molecule has 2 rings (SSSR count). The van der Waals surface area contributed by atoms with Gasteiger partial charge in [-0.25, -0.2) is 4.39 Å². The first-order chi connectivity index (χ1) is 8.54. The van der Waals surface area contributed by atoms with E-state index < -0.39 is 0 Å². The first-order valence-corrected chi connectivity index (χ1v) is 6.42. The molecule has 1 heterocycles. The molecule has 2 atom stereocenters. The van der Waals surface area contributed by atoms with E-state index in [0.29, 0.717) is 5.11 Å². The van der Waals surface area contributed by atoms with Gasteiger partial charge in [0.15, 0.2) is 5.11 Å². The van der Waals surface area contributed by atoms with E-state index in [2.05, 4.69) is 10.2 Å². The molecule has 0 radical (unpaired) electrons. The molecule has 1 saturated heterocycles. The normalized spacial score (nSPS) is 23.8. The third-order valence-electron chi connectivity index (χ3n) is 2.80. The summed E-state index contributed by atoms with van der Waals surface area (Å²) in [5, 5.41) is 3.77. The molecule has 98 valence electrons. The molecular weight excluding hydrogens is 251 g/mol. The van der Waals surface area contributed by atoms with Gasteiger partial charge in [0.2, 0.25) is 0 Å². The Morgan fingerprint density at radius 3 is 2.39 bits per heavy atom. The average Bonchev–Trinajstić information content (AvgIpc) is 2.31. The first kappa shape index (κ1) is 13.2. The standard InChI is InChI=1S/C13H17FN2OS/c1-9-7-16(8-10(2)17-9)13(18)15-12-5-3-11(14)4-6-12/h3-6,9-10H,7-8H2,1-2H3,(H,15,18). The summed E-state index contributed by atoms with van der Waals surface area (Å²) in [6.45, 7) is 5.61. The topological polar surface area (TPSA) is 24.5 Å². The number of benzene rings is 1. The van der Waals surface area contributed by atoms with Crippen LogP contribution in [0.15, 0.2) is 24.3 Å². The van der Waals surface area contributed by atoms with E-state index in [9.17, 15) is 4.39 Å². The quantitative estimate of drug-likeness (QED) is 0.791. The number of ether oxygens (including phenoxy) is 1. The van der Waals surface area contributed by atoms with Crippen LogP contribution in [0.4, 0.5) is 10.1 Å². The molecular formula is C13H17FN2OS. The third-order valence-corrected chi connectivity index (χ3v) is 3.16. The van der Waals surface area contributed by atoms with Gasteiger partial charge in [0.25, 0.3) is 0 Å². The minimum atomic E-state index is -0.250. The zero-order valence-corrected chi connectivity index (χ0v) is 11.3. The summed E-state index contributed by atoms with van der Waals surface area (Å²) >= 11 is 5.36. The third kappa shape index (κ3) is 3.40. The Labute approximate surface area is 112 Å². The van der Waals surface area contributed by atoms with Gasteiger partial charge in [0, 0.05) is 18.8 Å². The molecule has 1 aliphatic heterocycles. The molecule has 3 nitrogen and oxygen atoms in total. The second-order valence-electron chi connectivity index (χ2n) is 4.60. The molecule has 1 N–H and O–H groups in total. The summed E-state index contributed by atoms with van der Waals surface area (Å²) in [6.07, 6.45) is 0.337. The lowest BCUT2D eigenvalue weighted by molar-refractivity contribution is -0.0473. The summed E-state index contributed by atoms with van der Waals surface area (Å²) in [7, 11) is 0. The number of morpholine rings is 1. The van der Waals surface area contributed by atoms with Gasteiger partial charge in [-0.3, -0.25) is 0 Å². The number of nitrogens with one attached hydrogen (secondary N) is 1. The van der Waals surface area contributed by atoms with Crippen molar-refractivity contribution >= 4 is 23.0 Å². The van der Waals surface area contributed by atoms with Crippen molar-refractivity contribution in [1.29, 1.82) is 0 Å². The number of halogens is 1. The Morgan fingerprint density at radius 2 is 1.83 bits per heavy atom. The number of rotatable bonds is 1. The molecule has 0 aromatic heterocycles. The SMILES string of the molecule is CC1CN(C(=S)Nc2ccc(F)cc2)CC(C)O1. The van der Waals surface area contributed by atoms with Crippen LogP contribution in [0, 0.1) is 5.82 Å². The highest BCUT2D eigenvalue weighted by Crippen LogP contribution is 2.14. The van der Waals surface area contributed by atoms with Gasteiger partial charge >= 0.3 is 0 Å². The summed E-state index contributed by atoms with van der Waals surface area (Å²) in [6, 6.07) is 6.18. The lowest BCUT2D eigenvalue weighted by Crippen LogP contribution is -2.49. The predicted molar refractivity (Wildman–Crippen MR) is 74.2 cm³/mol. The van der Waals surface area contributed by atoms with Crippen molar-refractivity contribution in [2.75, 3.05) is 18.4 Å². The van der Waals surface area contributed by atoms with Crippen molar-refractivity contribution in [3.8, 4) is 0 Å². The molecule has 5 heteroatoms. The highest BCUT2D eigenvalue weighted by Gasteiger charge is 2.23. The van der Waals surface area contributed by atoms with Crippen LogP contribution in [0.2, 0.25) is 0 Å². The molecule has 0 aliphatic carbocycles. The van der Waals surface area contributed by atoms with Gasteiger partial charge in [-0.1, -0.05) is 0 Å². The van der Waals surface area contributed by atoms with Crippen molar-refractivity contribution in [1.82, 2.24) is 4.90 Å². The van der Waals surface area contributed by atoms with Gasteiger partial charge in [-0.05, 0) is 50.3 Å². The van der Waals surface area contributed by atoms with Crippen LogP contribution in [-0.2, 0) is 4.74 Å². The number of nitrogens with zero attached hydrogens (tertiary/aromatic N) is 1. The fraction of sp³-hybridized carbons (Fsp3) is 0.462.